The van der Waals surface area contributed by atoms with Crippen LogP contribution in [0.25, 0.3) is 0 Å². The van der Waals surface area contributed by atoms with Gasteiger partial charge in [0.15, 0.2) is 11.7 Å². The molecule has 88 valence electrons. The average Bonchev–Trinajstić information content (AvgIpc) is 2.23. The summed E-state index contributed by atoms with van der Waals surface area (Å²) in [5, 5.41) is 9.74. The number of aliphatic hydroxyl groups is 1. The van der Waals surface area contributed by atoms with E-state index >= 15 is 0 Å². The van der Waals surface area contributed by atoms with Gasteiger partial charge in [0, 0.05) is 6.42 Å². The van der Waals surface area contributed by atoms with Crippen molar-refractivity contribution in [2.45, 2.75) is 33.1 Å². The summed E-state index contributed by atoms with van der Waals surface area (Å²) in [6.45, 7) is 3.40. The minimum atomic E-state index is -1.32. The van der Waals surface area contributed by atoms with E-state index < -0.39 is 29.4 Å². The molecule has 1 N–H and O–H groups in total. The van der Waals surface area contributed by atoms with E-state index in [1.807, 2.05) is 6.92 Å². The van der Waals surface area contributed by atoms with Crippen molar-refractivity contribution in [3.63, 3.8) is 0 Å². The highest BCUT2D eigenvalue weighted by Gasteiger charge is 2.40. The molecular weight excluding hydrogens is 212 g/mol. The third-order valence-electron chi connectivity index (χ3n) is 2.43. The molecule has 1 rings (SSSR count). The Bertz CT molecular complexity index is 367. The van der Waals surface area contributed by atoms with Gasteiger partial charge in [-0.25, -0.2) is 4.79 Å². The summed E-state index contributed by atoms with van der Waals surface area (Å²) < 4.78 is 4.44. The van der Waals surface area contributed by atoms with Crippen LogP contribution in [0.4, 0.5) is 0 Å². The molecule has 0 radical (unpaired) electrons. The molecule has 0 aliphatic carbocycles. The second-order valence-electron chi connectivity index (χ2n) is 3.58. The Morgan fingerprint density at radius 3 is 2.50 bits per heavy atom. The highest BCUT2D eigenvalue weighted by molar-refractivity contribution is 6.10. The Hall–Kier alpha value is -1.65. The van der Waals surface area contributed by atoms with E-state index in [1.165, 1.54) is 0 Å². The predicted molar refractivity (Wildman–Crippen MR) is 54.4 cm³/mol. The summed E-state index contributed by atoms with van der Waals surface area (Å²) in [5.41, 5.74) is 0.0360. The number of rotatable bonds is 4. The number of cyclic esters (lactones) is 2. The van der Waals surface area contributed by atoms with Crippen molar-refractivity contribution in [3.8, 4) is 0 Å². The Morgan fingerprint density at radius 1 is 1.38 bits per heavy atom. The van der Waals surface area contributed by atoms with Crippen LogP contribution in [0.15, 0.2) is 11.3 Å². The first kappa shape index (κ1) is 12.4. The molecular formula is C11H14O5. The largest absolute Gasteiger partial charge is 0.510 e. The van der Waals surface area contributed by atoms with E-state index in [2.05, 4.69) is 4.74 Å². The van der Waals surface area contributed by atoms with Crippen LogP contribution in [0.1, 0.15) is 33.1 Å². The van der Waals surface area contributed by atoms with E-state index in [9.17, 15) is 19.5 Å². The molecule has 1 atom stereocenters. The maximum atomic E-state index is 11.4. The maximum Gasteiger partial charge on any atom is 0.345 e. The number of hydrogen-bond acceptors (Lipinski definition) is 5. The number of ether oxygens (including phenoxy) is 1. The van der Waals surface area contributed by atoms with E-state index in [0.717, 1.165) is 0 Å². The fourth-order valence-electron chi connectivity index (χ4n) is 1.57. The normalized spacial score (nSPS) is 21.0. The Labute approximate surface area is 93.1 Å². The van der Waals surface area contributed by atoms with Gasteiger partial charge in [-0.05, 0) is 6.42 Å². The molecule has 0 aromatic heterocycles. The van der Waals surface area contributed by atoms with E-state index in [4.69, 9.17) is 0 Å². The molecule has 1 aliphatic rings. The van der Waals surface area contributed by atoms with E-state index in [0.29, 0.717) is 12.8 Å². The van der Waals surface area contributed by atoms with Crippen molar-refractivity contribution in [1.29, 1.82) is 0 Å². The Morgan fingerprint density at radius 2 is 2.00 bits per heavy atom. The van der Waals surface area contributed by atoms with Crippen molar-refractivity contribution in [1.82, 2.24) is 0 Å². The summed E-state index contributed by atoms with van der Waals surface area (Å²) >= 11 is 0. The zero-order valence-electron chi connectivity index (χ0n) is 9.28. The van der Waals surface area contributed by atoms with Gasteiger partial charge >= 0.3 is 11.9 Å². The standard InChI is InChI=1S/C11H14O5/c1-3-5-6-9(13)8(7(12)4-2)11(15)16-10(6)14/h8,13H,3-5H2,1-2H3. The second-order valence-corrected chi connectivity index (χ2v) is 3.58. The molecule has 0 bridgehead atoms. The minimum absolute atomic E-state index is 0.0360. The lowest BCUT2D eigenvalue weighted by Gasteiger charge is -2.20. The maximum absolute atomic E-state index is 11.4. The zero-order chi connectivity index (χ0) is 12.3. The molecule has 0 saturated carbocycles. The summed E-state index contributed by atoms with van der Waals surface area (Å²) in [6.07, 6.45) is 1.03. The first-order chi connectivity index (χ1) is 7.52. The molecule has 16 heavy (non-hydrogen) atoms. The van der Waals surface area contributed by atoms with Crippen LogP contribution in [0, 0.1) is 5.92 Å². The molecule has 0 aromatic carbocycles. The summed E-state index contributed by atoms with van der Waals surface area (Å²) in [5.74, 6) is -4.01. The van der Waals surface area contributed by atoms with Gasteiger partial charge in [0.2, 0.25) is 0 Å². The van der Waals surface area contributed by atoms with Crippen LogP contribution in [0.2, 0.25) is 0 Å². The molecule has 0 aromatic rings. The van der Waals surface area contributed by atoms with Gasteiger partial charge in [-0.2, -0.15) is 0 Å². The molecule has 0 saturated heterocycles. The van der Waals surface area contributed by atoms with Gasteiger partial charge in [-0.3, -0.25) is 9.59 Å². The number of carbonyl (C=O) groups excluding carboxylic acids is 3. The van der Waals surface area contributed by atoms with Crippen molar-refractivity contribution in [2.24, 2.45) is 5.92 Å². The van der Waals surface area contributed by atoms with Crippen molar-refractivity contribution in [3.05, 3.63) is 11.3 Å². The Kier molecular flexibility index (Phi) is 3.82. The molecule has 1 unspecified atom stereocenters. The summed E-state index contributed by atoms with van der Waals surface area (Å²) in [4.78, 5) is 34.0. The molecule has 0 fully saturated rings. The highest BCUT2D eigenvalue weighted by atomic mass is 16.6. The lowest BCUT2D eigenvalue weighted by molar-refractivity contribution is -0.163. The number of aliphatic hydroxyl groups excluding tert-OH is 1. The SMILES string of the molecule is CCCC1=C(O)C(C(=O)CC)C(=O)OC1=O. The third-order valence-corrected chi connectivity index (χ3v) is 2.43. The van der Waals surface area contributed by atoms with E-state index in [-0.39, 0.29) is 12.0 Å². The topological polar surface area (TPSA) is 80.7 Å². The summed E-state index contributed by atoms with van der Waals surface area (Å²) in [6, 6.07) is 0. The van der Waals surface area contributed by atoms with Gasteiger partial charge < -0.3 is 9.84 Å². The van der Waals surface area contributed by atoms with Crippen molar-refractivity contribution >= 4 is 17.7 Å². The minimum Gasteiger partial charge on any atom is -0.510 e. The van der Waals surface area contributed by atoms with Crippen LogP contribution in [0.3, 0.4) is 0 Å². The van der Waals surface area contributed by atoms with Crippen LogP contribution in [0.5, 0.6) is 0 Å². The molecule has 0 spiro atoms. The monoisotopic (exact) mass is 226 g/mol. The number of esters is 2. The molecule has 5 heteroatoms. The van der Waals surface area contributed by atoms with Gasteiger partial charge in [0.25, 0.3) is 0 Å². The van der Waals surface area contributed by atoms with Crippen molar-refractivity contribution < 1.29 is 24.2 Å². The second kappa shape index (κ2) is 4.92. The average molecular weight is 226 g/mol. The number of ketones is 1. The first-order valence-electron chi connectivity index (χ1n) is 5.23. The summed E-state index contributed by atoms with van der Waals surface area (Å²) in [7, 11) is 0. The quantitative estimate of drug-likeness (QED) is 0.576. The molecule has 1 heterocycles. The lowest BCUT2D eigenvalue weighted by atomic mass is 9.93. The third kappa shape index (κ3) is 2.13. The lowest BCUT2D eigenvalue weighted by Crippen LogP contribution is -2.35. The van der Waals surface area contributed by atoms with Gasteiger partial charge in [0.05, 0.1) is 5.57 Å². The van der Waals surface area contributed by atoms with Gasteiger partial charge in [-0.1, -0.05) is 20.3 Å². The van der Waals surface area contributed by atoms with Gasteiger partial charge in [-0.15, -0.1) is 0 Å². The predicted octanol–water partition coefficient (Wildman–Crippen LogP) is 1.28. The number of hydrogen-bond donors (Lipinski definition) is 1. The van der Waals surface area contributed by atoms with Crippen molar-refractivity contribution in [2.75, 3.05) is 0 Å². The van der Waals surface area contributed by atoms with Crippen LogP contribution in [-0.4, -0.2) is 22.8 Å². The fraction of sp³-hybridized carbons (Fsp3) is 0.545. The van der Waals surface area contributed by atoms with Crippen LogP contribution in [-0.2, 0) is 19.1 Å². The fourth-order valence-corrected chi connectivity index (χ4v) is 1.57. The molecule has 1 aliphatic heterocycles. The smallest absolute Gasteiger partial charge is 0.345 e. The highest BCUT2D eigenvalue weighted by Crippen LogP contribution is 2.26. The van der Waals surface area contributed by atoms with Crippen LogP contribution < -0.4 is 0 Å². The van der Waals surface area contributed by atoms with Gasteiger partial charge in [0.1, 0.15) is 5.76 Å². The Balaban J connectivity index is 3.13. The van der Waals surface area contributed by atoms with Crippen LogP contribution >= 0.6 is 0 Å². The van der Waals surface area contributed by atoms with E-state index in [1.54, 1.807) is 6.92 Å². The molecule has 5 nitrogen and oxygen atoms in total. The molecule has 0 amide bonds. The zero-order valence-corrected chi connectivity index (χ0v) is 9.28. The number of Topliss-reactive ketones (excluding diaryl/α,β-unsaturated/α-hetero) is 1. The number of carbonyl (C=O) groups is 3. The first-order valence-corrected chi connectivity index (χ1v) is 5.23.